The molecule has 0 fully saturated rings. The lowest BCUT2D eigenvalue weighted by atomic mass is 9.83. The van der Waals surface area contributed by atoms with E-state index in [0.29, 0.717) is 11.5 Å². The molecule has 0 aliphatic heterocycles. The van der Waals surface area contributed by atoms with Gasteiger partial charge in [-0.2, -0.15) is 0 Å². The molecule has 2 aromatic rings. The second-order valence-electron chi connectivity index (χ2n) is 6.04. The second kappa shape index (κ2) is 6.50. The molecule has 0 aromatic heterocycles. The number of alkyl halides is 3. The van der Waals surface area contributed by atoms with Gasteiger partial charge in [-0.05, 0) is 59.6 Å². The number of allylic oxidation sites excluding steroid dienone is 1. The first-order valence-corrected chi connectivity index (χ1v) is 7.76. The van der Waals surface area contributed by atoms with Crippen LogP contribution in [0.15, 0.2) is 43.0 Å². The third-order valence-electron chi connectivity index (χ3n) is 4.36. The van der Waals surface area contributed by atoms with Crippen molar-refractivity contribution in [1.29, 1.82) is 0 Å². The van der Waals surface area contributed by atoms with E-state index < -0.39 is 23.7 Å². The Hall–Kier alpha value is -2.37. The van der Waals surface area contributed by atoms with Gasteiger partial charge in [-0.1, -0.05) is 24.3 Å². The molecule has 0 bridgehead atoms. The molecular formula is C19H15F5O. The lowest BCUT2D eigenvalue weighted by Gasteiger charge is -2.22. The number of aryl methyl sites for hydroxylation is 1. The summed E-state index contributed by atoms with van der Waals surface area (Å²) in [4.78, 5) is 0. The van der Waals surface area contributed by atoms with Crippen LogP contribution in [0.5, 0.6) is 5.75 Å². The summed E-state index contributed by atoms with van der Waals surface area (Å²) in [6.45, 7) is 3.80. The molecule has 1 atom stereocenters. The summed E-state index contributed by atoms with van der Waals surface area (Å²) in [6.07, 6.45) is -0.612. The van der Waals surface area contributed by atoms with Crippen LogP contribution in [0.4, 0.5) is 22.0 Å². The van der Waals surface area contributed by atoms with Gasteiger partial charge in [0.05, 0.1) is 0 Å². The van der Waals surface area contributed by atoms with Crippen LogP contribution in [0.2, 0.25) is 0 Å². The standard InChI is InChI=1S/C19H15F5O/c1-2-11-3-4-13-8-14(6-5-12(13)7-11)15-9-16(20)18(17(21)10-15)25-19(22,23)24/h2,5-6,8-11H,1,3-4,7H2. The fourth-order valence-corrected chi connectivity index (χ4v) is 3.10. The average molecular weight is 354 g/mol. The lowest BCUT2D eigenvalue weighted by Crippen LogP contribution is -2.19. The first-order chi connectivity index (χ1) is 11.8. The number of fused-ring (bicyclic) bond motifs is 1. The highest BCUT2D eigenvalue weighted by Crippen LogP contribution is 2.34. The van der Waals surface area contributed by atoms with Crippen molar-refractivity contribution < 1.29 is 26.7 Å². The van der Waals surface area contributed by atoms with Crippen LogP contribution in [-0.2, 0) is 12.8 Å². The zero-order valence-corrected chi connectivity index (χ0v) is 13.2. The molecule has 0 N–H and O–H groups in total. The predicted molar refractivity (Wildman–Crippen MR) is 84.2 cm³/mol. The lowest BCUT2D eigenvalue weighted by molar-refractivity contribution is -0.276. The van der Waals surface area contributed by atoms with Crippen LogP contribution in [0.1, 0.15) is 17.5 Å². The number of ether oxygens (including phenoxy) is 1. The average Bonchev–Trinajstić information content (AvgIpc) is 2.56. The van der Waals surface area contributed by atoms with E-state index in [1.165, 1.54) is 0 Å². The molecule has 0 saturated carbocycles. The van der Waals surface area contributed by atoms with Gasteiger partial charge in [0.2, 0.25) is 5.75 Å². The minimum atomic E-state index is -5.16. The Labute approximate surface area is 141 Å². The van der Waals surface area contributed by atoms with E-state index in [0.717, 1.165) is 42.5 Å². The van der Waals surface area contributed by atoms with E-state index in [-0.39, 0.29) is 5.56 Å². The van der Waals surface area contributed by atoms with Crippen molar-refractivity contribution in [2.45, 2.75) is 25.6 Å². The SMILES string of the molecule is C=CC1CCc2cc(-c3cc(F)c(OC(F)(F)F)c(F)c3)ccc2C1. The summed E-state index contributed by atoms with van der Waals surface area (Å²) >= 11 is 0. The van der Waals surface area contributed by atoms with Crippen molar-refractivity contribution in [1.82, 2.24) is 0 Å². The zero-order chi connectivity index (χ0) is 18.2. The molecule has 0 saturated heterocycles. The van der Waals surface area contributed by atoms with Crippen LogP contribution in [0.25, 0.3) is 11.1 Å². The second-order valence-corrected chi connectivity index (χ2v) is 6.04. The molecule has 0 spiro atoms. The summed E-state index contributed by atoms with van der Waals surface area (Å²) in [5.74, 6) is -3.82. The number of halogens is 5. The minimum Gasteiger partial charge on any atom is -0.399 e. The maximum absolute atomic E-state index is 13.9. The molecule has 0 radical (unpaired) electrons. The highest BCUT2D eigenvalue weighted by atomic mass is 19.4. The summed E-state index contributed by atoms with van der Waals surface area (Å²) in [5, 5.41) is 0. The van der Waals surface area contributed by atoms with Gasteiger partial charge in [-0.25, -0.2) is 8.78 Å². The van der Waals surface area contributed by atoms with Crippen molar-refractivity contribution in [3.8, 4) is 16.9 Å². The van der Waals surface area contributed by atoms with E-state index in [4.69, 9.17) is 0 Å². The summed E-state index contributed by atoms with van der Waals surface area (Å²) in [6, 6.07) is 7.12. The predicted octanol–water partition coefficient (Wildman–Crippen LogP) is 5.82. The molecule has 2 aromatic carbocycles. The smallest absolute Gasteiger partial charge is 0.399 e. The molecule has 6 heteroatoms. The first kappa shape index (κ1) is 17.5. The van der Waals surface area contributed by atoms with Crippen molar-refractivity contribution in [2.75, 3.05) is 0 Å². The fourth-order valence-electron chi connectivity index (χ4n) is 3.10. The van der Waals surface area contributed by atoms with Gasteiger partial charge < -0.3 is 4.74 Å². The molecule has 0 heterocycles. The van der Waals surface area contributed by atoms with Crippen molar-refractivity contribution in [3.05, 3.63) is 65.7 Å². The molecule has 25 heavy (non-hydrogen) atoms. The summed E-state index contributed by atoms with van der Waals surface area (Å²) in [7, 11) is 0. The van der Waals surface area contributed by atoms with E-state index in [1.807, 2.05) is 18.2 Å². The van der Waals surface area contributed by atoms with Crippen LogP contribution >= 0.6 is 0 Å². The van der Waals surface area contributed by atoms with Gasteiger partial charge in [0.25, 0.3) is 0 Å². The van der Waals surface area contributed by atoms with Gasteiger partial charge in [-0.15, -0.1) is 19.8 Å². The molecule has 1 aliphatic carbocycles. The normalized spacial score (nSPS) is 17.1. The minimum absolute atomic E-state index is 0.165. The monoisotopic (exact) mass is 354 g/mol. The van der Waals surface area contributed by atoms with Crippen molar-refractivity contribution in [2.24, 2.45) is 5.92 Å². The molecule has 3 rings (SSSR count). The molecule has 0 amide bonds. The van der Waals surface area contributed by atoms with Gasteiger partial charge in [0.1, 0.15) is 0 Å². The van der Waals surface area contributed by atoms with Crippen LogP contribution in [0.3, 0.4) is 0 Å². The molecule has 1 aliphatic rings. The Balaban J connectivity index is 1.94. The molecule has 1 unspecified atom stereocenters. The number of hydrogen-bond acceptors (Lipinski definition) is 1. The van der Waals surface area contributed by atoms with Crippen molar-refractivity contribution >= 4 is 0 Å². The fraction of sp³-hybridized carbons (Fsp3) is 0.263. The van der Waals surface area contributed by atoms with Crippen LogP contribution < -0.4 is 4.74 Å². The Morgan fingerprint density at radius 1 is 1.00 bits per heavy atom. The molecule has 1 nitrogen and oxygen atoms in total. The molecule has 132 valence electrons. The highest BCUT2D eigenvalue weighted by molar-refractivity contribution is 5.66. The maximum atomic E-state index is 13.9. The van der Waals surface area contributed by atoms with E-state index in [2.05, 4.69) is 11.3 Å². The molecular weight excluding hydrogens is 339 g/mol. The Morgan fingerprint density at radius 2 is 1.68 bits per heavy atom. The Kier molecular flexibility index (Phi) is 4.54. The largest absolute Gasteiger partial charge is 0.573 e. The van der Waals surface area contributed by atoms with Gasteiger partial charge >= 0.3 is 6.36 Å². The summed E-state index contributed by atoms with van der Waals surface area (Å²) < 4.78 is 67.8. The first-order valence-electron chi connectivity index (χ1n) is 7.76. The topological polar surface area (TPSA) is 9.23 Å². The maximum Gasteiger partial charge on any atom is 0.573 e. The van der Waals surface area contributed by atoms with E-state index in [9.17, 15) is 22.0 Å². The number of rotatable bonds is 3. The van der Waals surface area contributed by atoms with Crippen LogP contribution in [-0.4, -0.2) is 6.36 Å². The van der Waals surface area contributed by atoms with Gasteiger partial charge in [-0.3, -0.25) is 0 Å². The third-order valence-corrected chi connectivity index (χ3v) is 4.36. The van der Waals surface area contributed by atoms with Gasteiger partial charge in [0.15, 0.2) is 11.6 Å². The van der Waals surface area contributed by atoms with E-state index in [1.54, 1.807) is 6.07 Å². The quantitative estimate of drug-likeness (QED) is 0.498. The Morgan fingerprint density at radius 3 is 2.28 bits per heavy atom. The number of hydrogen-bond donors (Lipinski definition) is 0. The summed E-state index contributed by atoms with van der Waals surface area (Å²) in [5.41, 5.74) is 2.94. The highest BCUT2D eigenvalue weighted by Gasteiger charge is 2.34. The zero-order valence-electron chi connectivity index (χ0n) is 13.2. The van der Waals surface area contributed by atoms with E-state index >= 15 is 0 Å². The van der Waals surface area contributed by atoms with Crippen molar-refractivity contribution in [3.63, 3.8) is 0 Å². The van der Waals surface area contributed by atoms with Gasteiger partial charge in [0, 0.05) is 0 Å². The Bertz CT molecular complexity index is 787. The number of benzene rings is 2. The van der Waals surface area contributed by atoms with Crippen LogP contribution in [0, 0.1) is 17.6 Å². The third kappa shape index (κ3) is 3.83.